The minimum Gasteiger partial charge on any atom is -0.508 e. The van der Waals surface area contributed by atoms with Crippen molar-refractivity contribution in [2.45, 2.75) is 58.1 Å². The van der Waals surface area contributed by atoms with E-state index in [-0.39, 0.29) is 22.5 Å². The molecule has 2 N–H and O–H groups in total. The monoisotopic (exact) mass is 407 g/mol. The Kier molecular flexibility index (Phi) is 4.45. The number of nitrogens with zero attached hydrogens (tertiary/aromatic N) is 1. The summed E-state index contributed by atoms with van der Waals surface area (Å²) in [5, 5.41) is 20.9. The van der Waals surface area contributed by atoms with E-state index in [1.807, 2.05) is 24.1 Å². The van der Waals surface area contributed by atoms with E-state index in [2.05, 4.69) is 26.0 Å². The first-order valence-corrected chi connectivity index (χ1v) is 11.4. The number of rotatable bonds is 1. The van der Waals surface area contributed by atoms with Crippen molar-refractivity contribution in [2.24, 2.45) is 28.6 Å². The summed E-state index contributed by atoms with van der Waals surface area (Å²) in [6.07, 6.45) is 11.0. The smallest absolute Gasteiger partial charge is 0.246 e. The molecule has 0 aromatic heterocycles. The van der Waals surface area contributed by atoms with E-state index in [1.165, 1.54) is 0 Å². The molecule has 5 rings (SSSR count). The molecule has 1 aromatic carbocycles. The number of aliphatic hydroxyl groups is 1. The Bertz CT molecular complexity index is 919. The summed E-state index contributed by atoms with van der Waals surface area (Å²) in [4.78, 5) is 14.2. The van der Waals surface area contributed by atoms with E-state index in [0.717, 1.165) is 43.2 Å². The first-order valence-electron chi connectivity index (χ1n) is 11.4. The van der Waals surface area contributed by atoms with Crippen LogP contribution >= 0.6 is 0 Å². The number of hydrogen-bond acceptors (Lipinski definition) is 3. The molecule has 1 aliphatic heterocycles. The number of aromatic hydroxyl groups is 1. The predicted octanol–water partition coefficient (Wildman–Crippen LogP) is 4.39. The molecule has 3 aliphatic carbocycles. The molecule has 0 radical (unpaired) electrons. The molecular weight excluding hydrogens is 374 g/mol. The minimum absolute atomic E-state index is 0.0291. The van der Waals surface area contributed by atoms with E-state index >= 15 is 0 Å². The highest BCUT2D eigenvalue weighted by Gasteiger charge is 2.61. The lowest BCUT2D eigenvalue weighted by Gasteiger charge is -2.59. The van der Waals surface area contributed by atoms with Crippen LogP contribution in [0.2, 0.25) is 0 Å². The van der Waals surface area contributed by atoms with Crippen molar-refractivity contribution in [3.8, 4) is 5.75 Å². The number of hydrogen-bond donors (Lipinski definition) is 2. The van der Waals surface area contributed by atoms with Gasteiger partial charge < -0.3 is 15.1 Å². The van der Waals surface area contributed by atoms with Crippen LogP contribution in [-0.2, 0) is 4.79 Å². The molecule has 0 spiro atoms. The molecule has 0 bridgehead atoms. The van der Waals surface area contributed by atoms with Gasteiger partial charge in [0.05, 0.1) is 6.10 Å². The third kappa shape index (κ3) is 2.72. The zero-order valence-corrected chi connectivity index (χ0v) is 18.2. The molecule has 4 heteroatoms. The number of likely N-dealkylation sites (N-methyl/N-ethyl adjacent to an activating group) is 1. The van der Waals surface area contributed by atoms with Crippen molar-refractivity contribution in [3.63, 3.8) is 0 Å². The van der Waals surface area contributed by atoms with Crippen LogP contribution in [0.4, 0.5) is 0 Å². The average Bonchev–Trinajstić information content (AvgIpc) is 2.98. The quantitative estimate of drug-likeness (QED) is 0.726. The third-order valence-electron chi connectivity index (χ3n) is 9.24. The number of phenols is 1. The number of carbonyl (C=O) groups is 1. The van der Waals surface area contributed by atoms with E-state index in [0.29, 0.717) is 23.8 Å². The summed E-state index contributed by atoms with van der Waals surface area (Å²) in [5.74, 6) is 2.01. The van der Waals surface area contributed by atoms with Gasteiger partial charge in [0.15, 0.2) is 0 Å². The topological polar surface area (TPSA) is 60.8 Å². The maximum atomic E-state index is 12.2. The lowest BCUT2D eigenvalue weighted by atomic mass is 9.48. The van der Waals surface area contributed by atoms with Crippen molar-refractivity contribution < 1.29 is 15.0 Å². The molecule has 1 aromatic rings. The van der Waals surface area contributed by atoms with Crippen LogP contribution in [0.3, 0.4) is 0 Å². The molecular formula is C26H33NO3. The van der Waals surface area contributed by atoms with Crippen LogP contribution in [-0.4, -0.2) is 40.2 Å². The van der Waals surface area contributed by atoms with Crippen LogP contribution in [0.5, 0.6) is 5.75 Å². The van der Waals surface area contributed by atoms with Gasteiger partial charge in [0, 0.05) is 23.9 Å². The molecule has 7 atom stereocenters. The highest BCUT2D eigenvalue weighted by atomic mass is 16.3. The Labute approximate surface area is 179 Å². The number of carbonyl (C=O) groups excluding carboxylic acids is 1. The van der Waals surface area contributed by atoms with E-state index in [1.54, 1.807) is 18.2 Å². The van der Waals surface area contributed by atoms with Crippen LogP contribution in [0.25, 0.3) is 6.08 Å². The summed E-state index contributed by atoms with van der Waals surface area (Å²) >= 11 is 0. The van der Waals surface area contributed by atoms with Crippen LogP contribution in [0, 0.1) is 28.6 Å². The predicted molar refractivity (Wildman–Crippen MR) is 118 cm³/mol. The Morgan fingerprint density at radius 1 is 1.10 bits per heavy atom. The molecule has 0 unspecified atom stereocenters. The number of amides is 1. The Morgan fingerprint density at radius 3 is 2.57 bits per heavy atom. The second kappa shape index (κ2) is 6.71. The molecule has 30 heavy (non-hydrogen) atoms. The lowest BCUT2D eigenvalue weighted by Crippen LogP contribution is -2.59. The van der Waals surface area contributed by atoms with Gasteiger partial charge in [-0.05, 0) is 79.2 Å². The maximum Gasteiger partial charge on any atom is 0.246 e. The molecule has 160 valence electrons. The van der Waals surface area contributed by atoms with Crippen LogP contribution in [0.1, 0.15) is 51.5 Å². The van der Waals surface area contributed by atoms with Crippen molar-refractivity contribution in [1.29, 1.82) is 0 Å². The van der Waals surface area contributed by atoms with E-state index < -0.39 is 6.10 Å². The number of phenolic OH excluding ortho intramolecular Hbond substituents is 1. The molecule has 1 heterocycles. The van der Waals surface area contributed by atoms with Gasteiger partial charge in [0.25, 0.3) is 0 Å². The van der Waals surface area contributed by atoms with Crippen LogP contribution in [0.15, 0.2) is 42.0 Å². The highest BCUT2D eigenvalue weighted by molar-refractivity contribution is 5.89. The first-order chi connectivity index (χ1) is 14.2. The number of benzene rings is 1. The average molecular weight is 408 g/mol. The fourth-order valence-electron chi connectivity index (χ4n) is 7.52. The van der Waals surface area contributed by atoms with E-state index in [9.17, 15) is 15.0 Å². The summed E-state index contributed by atoms with van der Waals surface area (Å²) < 4.78 is 0. The second-order valence-corrected chi connectivity index (χ2v) is 10.6. The SMILES string of the molecule is CN1C(=O)C=C[C@]2(C)[C@H]3CC[C@]4(C)[C@@H](O)/C(=C/c5ccc(O)cc5)C[C@H]4[C@@H]3CC[C@@H]12. The molecule has 3 fully saturated rings. The highest BCUT2D eigenvalue weighted by Crippen LogP contribution is 2.64. The van der Waals surface area contributed by atoms with Gasteiger partial charge in [-0.2, -0.15) is 0 Å². The van der Waals surface area contributed by atoms with Gasteiger partial charge in [-0.3, -0.25) is 4.79 Å². The second-order valence-electron chi connectivity index (χ2n) is 10.6. The molecule has 3 saturated carbocycles. The van der Waals surface area contributed by atoms with Crippen molar-refractivity contribution in [2.75, 3.05) is 7.05 Å². The molecule has 4 aliphatic rings. The maximum absolute atomic E-state index is 12.2. The standard InChI is InChI=1S/C26H33NO3/c1-25-13-11-23(29)27(3)22(25)9-8-19-20(25)10-12-26(2)21(19)15-17(24(26)30)14-16-4-6-18(28)7-5-16/h4-7,11,13-14,19-22,24,28,30H,8-10,12,15H2,1-3H3/b17-14+/t19-,20+,21+,22-,24+,25-,26+/m1/s1. The molecule has 1 amide bonds. The Balaban J connectivity index is 1.47. The van der Waals surface area contributed by atoms with Gasteiger partial charge in [-0.1, -0.05) is 38.1 Å². The summed E-state index contributed by atoms with van der Waals surface area (Å²) in [7, 11) is 1.96. The number of fused-ring (bicyclic) bond motifs is 5. The largest absolute Gasteiger partial charge is 0.508 e. The minimum atomic E-state index is -0.408. The zero-order valence-electron chi connectivity index (χ0n) is 18.2. The Morgan fingerprint density at radius 2 is 1.83 bits per heavy atom. The summed E-state index contributed by atoms with van der Waals surface area (Å²) in [5.41, 5.74) is 2.12. The van der Waals surface area contributed by atoms with Gasteiger partial charge in [0.2, 0.25) is 5.91 Å². The zero-order chi connectivity index (χ0) is 21.3. The van der Waals surface area contributed by atoms with Gasteiger partial charge in [0.1, 0.15) is 5.75 Å². The summed E-state index contributed by atoms with van der Waals surface area (Å²) in [6.45, 7) is 4.65. The number of aliphatic hydroxyl groups excluding tert-OH is 1. The van der Waals surface area contributed by atoms with Gasteiger partial charge in [-0.15, -0.1) is 0 Å². The summed E-state index contributed by atoms with van der Waals surface area (Å²) in [6, 6.07) is 7.52. The normalized spacial score (nSPS) is 44.0. The van der Waals surface area contributed by atoms with Crippen LogP contribution < -0.4 is 0 Å². The van der Waals surface area contributed by atoms with Gasteiger partial charge in [-0.25, -0.2) is 0 Å². The molecule has 0 saturated heterocycles. The molecule has 4 nitrogen and oxygen atoms in total. The fourth-order valence-corrected chi connectivity index (χ4v) is 7.52. The third-order valence-corrected chi connectivity index (χ3v) is 9.24. The van der Waals surface area contributed by atoms with Crippen molar-refractivity contribution >= 4 is 12.0 Å². The van der Waals surface area contributed by atoms with Gasteiger partial charge >= 0.3 is 0 Å². The van der Waals surface area contributed by atoms with Crippen molar-refractivity contribution in [1.82, 2.24) is 4.90 Å². The Hall–Kier alpha value is -2.07. The fraction of sp³-hybridized carbons (Fsp3) is 0.577. The first kappa shape index (κ1) is 19.9. The van der Waals surface area contributed by atoms with E-state index in [4.69, 9.17) is 0 Å². The lowest BCUT2D eigenvalue weighted by molar-refractivity contribution is -0.140. The van der Waals surface area contributed by atoms with Crippen molar-refractivity contribution in [3.05, 3.63) is 47.6 Å².